The summed E-state index contributed by atoms with van der Waals surface area (Å²) in [5.74, 6) is -0.890. The molecule has 1 heterocycles. The number of imidazole rings is 1. The highest BCUT2D eigenvalue weighted by Gasteiger charge is 2.23. The topological polar surface area (TPSA) is 73.2 Å². The SMILES string of the molecule is C[C@@H]1CCCC[C@H]1NC(=O)COC(=O)c1cncn1-c1ccc(F)cc1. The number of esters is 1. The Labute approximate surface area is 151 Å². The van der Waals surface area contributed by atoms with Crippen LogP contribution in [0.1, 0.15) is 43.1 Å². The second-order valence-corrected chi connectivity index (χ2v) is 6.64. The lowest BCUT2D eigenvalue weighted by atomic mass is 9.86. The maximum absolute atomic E-state index is 13.1. The number of nitrogens with zero attached hydrogens (tertiary/aromatic N) is 2. The van der Waals surface area contributed by atoms with Crippen LogP contribution in [0.15, 0.2) is 36.8 Å². The van der Waals surface area contributed by atoms with Gasteiger partial charge < -0.3 is 10.1 Å². The van der Waals surface area contributed by atoms with Gasteiger partial charge in [0.2, 0.25) is 0 Å². The number of benzene rings is 1. The number of hydrogen-bond donors (Lipinski definition) is 1. The summed E-state index contributed by atoms with van der Waals surface area (Å²) in [5.41, 5.74) is 0.756. The van der Waals surface area contributed by atoms with Crippen LogP contribution in [0.3, 0.4) is 0 Å². The molecular formula is C19H22FN3O3. The number of rotatable bonds is 5. The molecule has 1 N–H and O–H groups in total. The summed E-state index contributed by atoms with van der Waals surface area (Å²) >= 11 is 0. The zero-order valence-electron chi connectivity index (χ0n) is 14.7. The van der Waals surface area contributed by atoms with Gasteiger partial charge in [0.05, 0.1) is 12.5 Å². The number of halogens is 1. The lowest BCUT2D eigenvalue weighted by molar-refractivity contribution is -0.125. The molecule has 3 rings (SSSR count). The lowest BCUT2D eigenvalue weighted by Gasteiger charge is -2.29. The number of nitrogens with one attached hydrogen (secondary N) is 1. The summed E-state index contributed by atoms with van der Waals surface area (Å²) in [7, 11) is 0. The van der Waals surface area contributed by atoms with E-state index in [-0.39, 0.29) is 30.1 Å². The van der Waals surface area contributed by atoms with Crippen molar-refractivity contribution in [1.82, 2.24) is 14.9 Å². The first-order chi connectivity index (χ1) is 12.5. The number of aromatic nitrogens is 2. The Hall–Kier alpha value is -2.70. The Morgan fingerprint density at radius 2 is 2.00 bits per heavy atom. The van der Waals surface area contributed by atoms with Crippen molar-refractivity contribution in [2.75, 3.05) is 6.61 Å². The van der Waals surface area contributed by atoms with E-state index in [1.54, 1.807) is 0 Å². The van der Waals surface area contributed by atoms with E-state index in [2.05, 4.69) is 17.2 Å². The van der Waals surface area contributed by atoms with E-state index in [4.69, 9.17) is 4.74 Å². The third-order valence-electron chi connectivity index (χ3n) is 4.74. The molecule has 1 amide bonds. The summed E-state index contributed by atoms with van der Waals surface area (Å²) < 4.78 is 19.7. The molecule has 7 heteroatoms. The quantitative estimate of drug-likeness (QED) is 0.833. The average molecular weight is 359 g/mol. The number of carbonyl (C=O) groups is 2. The molecule has 1 aliphatic carbocycles. The van der Waals surface area contributed by atoms with Crippen LogP contribution in [0.4, 0.5) is 4.39 Å². The predicted molar refractivity (Wildman–Crippen MR) is 93.4 cm³/mol. The summed E-state index contributed by atoms with van der Waals surface area (Å²) in [6.45, 7) is 1.79. The van der Waals surface area contributed by atoms with Crippen molar-refractivity contribution in [3.05, 3.63) is 48.3 Å². The Morgan fingerprint density at radius 3 is 2.73 bits per heavy atom. The summed E-state index contributed by atoms with van der Waals surface area (Å²) in [6, 6.07) is 5.79. The standard InChI is InChI=1S/C19H22FN3O3/c1-13-4-2-3-5-16(13)22-18(24)11-26-19(25)17-10-21-12-23(17)15-8-6-14(20)7-9-15/h6-10,12-13,16H,2-5,11H2,1H3,(H,22,24)/t13-,16-/m1/s1. The van der Waals surface area contributed by atoms with Gasteiger partial charge in [0.15, 0.2) is 12.3 Å². The second-order valence-electron chi connectivity index (χ2n) is 6.64. The zero-order valence-corrected chi connectivity index (χ0v) is 14.7. The zero-order chi connectivity index (χ0) is 18.5. The highest BCUT2D eigenvalue weighted by Crippen LogP contribution is 2.23. The van der Waals surface area contributed by atoms with E-state index in [1.165, 1.54) is 47.8 Å². The molecular weight excluding hydrogens is 337 g/mol. The number of hydrogen-bond acceptors (Lipinski definition) is 4. The first kappa shape index (κ1) is 18.1. The largest absolute Gasteiger partial charge is 0.451 e. The second kappa shape index (κ2) is 8.12. The van der Waals surface area contributed by atoms with E-state index in [9.17, 15) is 14.0 Å². The van der Waals surface area contributed by atoms with Gasteiger partial charge in [0.1, 0.15) is 5.82 Å². The molecule has 0 saturated heterocycles. The Bertz CT molecular complexity index is 773. The highest BCUT2D eigenvalue weighted by molar-refractivity contribution is 5.90. The first-order valence-electron chi connectivity index (χ1n) is 8.79. The van der Waals surface area contributed by atoms with Crippen molar-refractivity contribution in [2.45, 2.75) is 38.6 Å². The van der Waals surface area contributed by atoms with Crippen LogP contribution in [-0.2, 0) is 9.53 Å². The molecule has 1 aliphatic rings. The first-order valence-corrected chi connectivity index (χ1v) is 8.79. The smallest absolute Gasteiger partial charge is 0.357 e. The lowest BCUT2D eigenvalue weighted by Crippen LogP contribution is -2.42. The Balaban J connectivity index is 1.58. The highest BCUT2D eigenvalue weighted by atomic mass is 19.1. The maximum atomic E-state index is 13.1. The molecule has 0 radical (unpaired) electrons. The molecule has 0 unspecified atom stereocenters. The number of ether oxygens (including phenoxy) is 1. The summed E-state index contributed by atoms with van der Waals surface area (Å²) in [6.07, 6.45) is 7.14. The van der Waals surface area contributed by atoms with Crippen LogP contribution in [-0.4, -0.2) is 34.1 Å². The van der Waals surface area contributed by atoms with Crippen molar-refractivity contribution in [2.24, 2.45) is 5.92 Å². The van der Waals surface area contributed by atoms with Crippen molar-refractivity contribution in [1.29, 1.82) is 0 Å². The van der Waals surface area contributed by atoms with Gasteiger partial charge in [-0.25, -0.2) is 14.2 Å². The fraction of sp³-hybridized carbons (Fsp3) is 0.421. The van der Waals surface area contributed by atoms with Crippen LogP contribution in [0, 0.1) is 11.7 Å². The van der Waals surface area contributed by atoms with Gasteiger partial charge in [-0.2, -0.15) is 0 Å². The van der Waals surface area contributed by atoms with E-state index >= 15 is 0 Å². The van der Waals surface area contributed by atoms with Crippen LogP contribution in [0.5, 0.6) is 0 Å². The molecule has 0 bridgehead atoms. The number of carbonyl (C=O) groups excluding carboxylic acids is 2. The molecule has 6 nitrogen and oxygen atoms in total. The Morgan fingerprint density at radius 1 is 1.27 bits per heavy atom. The van der Waals surface area contributed by atoms with Gasteiger partial charge in [-0.05, 0) is 43.0 Å². The van der Waals surface area contributed by atoms with Gasteiger partial charge >= 0.3 is 5.97 Å². The van der Waals surface area contributed by atoms with Crippen LogP contribution < -0.4 is 5.32 Å². The maximum Gasteiger partial charge on any atom is 0.357 e. The molecule has 1 aromatic heterocycles. The molecule has 2 atom stereocenters. The van der Waals surface area contributed by atoms with Crippen molar-refractivity contribution < 1.29 is 18.7 Å². The van der Waals surface area contributed by atoms with Crippen molar-refractivity contribution >= 4 is 11.9 Å². The van der Waals surface area contributed by atoms with E-state index in [0.29, 0.717) is 11.6 Å². The van der Waals surface area contributed by atoms with E-state index in [0.717, 1.165) is 19.3 Å². The number of amides is 1. The van der Waals surface area contributed by atoms with Crippen molar-refractivity contribution in [3.8, 4) is 5.69 Å². The minimum absolute atomic E-state index is 0.139. The van der Waals surface area contributed by atoms with Gasteiger partial charge in [0, 0.05) is 11.7 Å². The van der Waals surface area contributed by atoms with E-state index < -0.39 is 5.97 Å². The minimum atomic E-state index is -0.654. The Kier molecular flexibility index (Phi) is 5.65. The third-order valence-corrected chi connectivity index (χ3v) is 4.74. The summed E-state index contributed by atoms with van der Waals surface area (Å²) in [5, 5.41) is 2.94. The summed E-state index contributed by atoms with van der Waals surface area (Å²) in [4.78, 5) is 28.3. The van der Waals surface area contributed by atoms with Crippen LogP contribution in [0.25, 0.3) is 5.69 Å². The van der Waals surface area contributed by atoms with Gasteiger partial charge in [-0.1, -0.05) is 19.8 Å². The fourth-order valence-corrected chi connectivity index (χ4v) is 3.24. The van der Waals surface area contributed by atoms with Crippen LogP contribution >= 0.6 is 0 Å². The van der Waals surface area contributed by atoms with Crippen molar-refractivity contribution in [3.63, 3.8) is 0 Å². The average Bonchev–Trinajstić information content (AvgIpc) is 3.12. The molecule has 1 aromatic carbocycles. The monoisotopic (exact) mass is 359 g/mol. The molecule has 1 saturated carbocycles. The third kappa shape index (κ3) is 4.28. The molecule has 2 aromatic rings. The molecule has 26 heavy (non-hydrogen) atoms. The van der Waals surface area contributed by atoms with Crippen LogP contribution in [0.2, 0.25) is 0 Å². The molecule has 0 spiro atoms. The van der Waals surface area contributed by atoms with Gasteiger partial charge in [0.25, 0.3) is 5.91 Å². The molecule has 1 fully saturated rings. The normalized spacial score (nSPS) is 19.8. The predicted octanol–water partition coefficient (Wildman–Crippen LogP) is 2.86. The van der Waals surface area contributed by atoms with Gasteiger partial charge in [-0.15, -0.1) is 0 Å². The fourth-order valence-electron chi connectivity index (χ4n) is 3.24. The molecule has 138 valence electrons. The molecule has 0 aliphatic heterocycles. The minimum Gasteiger partial charge on any atom is -0.451 e. The van der Waals surface area contributed by atoms with E-state index in [1.807, 2.05) is 0 Å². The van der Waals surface area contributed by atoms with Gasteiger partial charge in [-0.3, -0.25) is 9.36 Å².